The molecule has 1 heterocycles. The van der Waals surface area contributed by atoms with Crippen molar-refractivity contribution < 1.29 is 14.7 Å². The summed E-state index contributed by atoms with van der Waals surface area (Å²) in [5.41, 5.74) is 4.98. The molecule has 6 nitrogen and oxygen atoms in total. The van der Waals surface area contributed by atoms with Crippen molar-refractivity contribution in [2.75, 3.05) is 26.3 Å². The van der Waals surface area contributed by atoms with Crippen LogP contribution in [0.4, 0.5) is 0 Å². The van der Waals surface area contributed by atoms with E-state index in [2.05, 4.69) is 12.1 Å². The predicted molar refractivity (Wildman–Crippen MR) is 75.5 cm³/mol. The Morgan fingerprint density at radius 1 is 1.45 bits per heavy atom. The van der Waals surface area contributed by atoms with E-state index >= 15 is 0 Å². The fourth-order valence-electron chi connectivity index (χ4n) is 2.86. The normalized spacial score (nSPS) is 22.6. The first-order valence-electron chi connectivity index (χ1n) is 7.49. The average molecular weight is 283 g/mol. The van der Waals surface area contributed by atoms with Crippen LogP contribution in [-0.4, -0.2) is 48.2 Å². The summed E-state index contributed by atoms with van der Waals surface area (Å²) in [4.78, 5) is 14.9. The zero-order chi connectivity index (χ0) is 14.6. The van der Waals surface area contributed by atoms with Gasteiger partial charge in [0.2, 0.25) is 5.91 Å². The molecule has 0 spiro atoms. The zero-order valence-corrected chi connectivity index (χ0v) is 12.2. The molecular formula is C14H25N3O3. The van der Waals surface area contributed by atoms with E-state index in [1.807, 2.05) is 4.90 Å². The third-order valence-electron chi connectivity index (χ3n) is 4.31. The van der Waals surface area contributed by atoms with Gasteiger partial charge in [-0.2, -0.15) is 0 Å². The van der Waals surface area contributed by atoms with Crippen LogP contribution >= 0.6 is 0 Å². The van der Waals surface area contributed by atoms with Crippen LogP contribution in [0.15, 0.2) is 5.16 Å². The third kappa shape index (κ3) is 3.06. The van der Waals surface area contributed by atoms with Crippen molar-refractivity contribution in [1.82, 2.24) is 4.90 Å². The maximum Gasteiger partial charge on any atom is 0.236 e. The van der Waals surface area contributed by atoms with Crippen LogP contribution < -0.4 is 5.73 Å². The first-order valence-corrected chi connectivity index (χ1v) is 7.49. The third-order valence-corrected chi connectivity index (χ3v) is 4.31. The van der Waals surface area contributed by atoms with Gasteiger partial charge in [0.25, 0.3) is 0 Å². The predicted octanol–water partition coefficient (Wildman–Crippen LogP) is 1.18. The Morgan fingerprint density at radius 3 is 2.60 bits per heavy atom. The summed E-state index contributed by atoms with van der Waals surface area (Å²) in [5, 5.41) is 12.2. The number of amidine groups is 1. The highest BCUT2D eigenvalue weighted by Gasteiger charge is 2.47. The lowest BCUT2D eigenvalue weighted by molar-refractivity contribution is -0.143. The van der Waals surface area contributed by atoms with Crippen molar-refractivity contribution in [3.05, 3.63) is 0 Å². The van der Waals surface area contributed by atoms with Crippen molar-refractivity contribution in [3.63, 3.8) is 0 Å². The molecular weight excluding hydrogens is 258 g/mol. The zero-order valence-electron chi connectivity index (χ0n) is 12.2. The molecule has 0 aromatic rings. The number of nitrogens with zero attached hydrogens (tertiary/aromatic N) is 2. The highest BCUT2D eigenvalue weighted by Crippen LogP contribution is 2.36. The smallest absolute Gasteiger partial charge is 0.236 e. The van der Waals surface area contributed by atoms with E-state index in [-0.39, 0.29) is 11.7 Å². The summed E-state index contributed by atoms with van der Waals surface area (Å²) in [6, 6.07) is 0. The van der Waals surface area contributed by atoms with Crippen LogP contribution in [0.1, 0.15) is 39.0 Å². The summed E-state index contributed by atoms with van der Waals surface area (Å²) in [6.45, 7) is 4.55. The topological polar surface area (TPSA) is 88.2 Å². The molecule has 1 saturated heterocycles. The van der Waals surface area contributed by atoms with E-state index in [0.717, 1.165) is 19.5 Å². The van der Waals surface area contributed by atoms with Crippen LogP contribution in [0.2, 0.25) is 0 Å². The number of amides is 1. The number of oxime groups is 1. The standard InChI is InChI=1S/C14H25N3O3/c1-2-7-17(10-11-3-4-11)13(18)14(12(15)16-19)5-8-20-9-6-14/h11,19H,2-10H2,1H3,(H2,15,16). The lowest BCUT2D eigenvalue weighted by Crippen LogP contribution is -2.54. The molecule has 1 amide bonds. The minimum atomic E-state index is -0.878. The highest BCUT2D eigenvalue weighted by atomic mass is 16.5. The molecule has 0 aromatic carbocycles. The van der Waals surface area contributed by atoms with Crippen LogP contribution in [0, 0.1) is 11.3 Å². The number of hydrogen-bond acceptors (Lipinski definition) is 4. The van der Waals surface area contributed by atoms with E-state index in [9.17, 15) is 4.79 Å². The second-order valence-electron chi connectivity index (χ2n) is 5.87. The highest BCUT2D eigenvalue weighted by molar-refractivity contribution is 6.06. The SMILES string of the molecule is CCCN(CC1CC1)C(=O)C1(C(N)=NO)CCOCC1. The van der Waals surface area contributed by atoms with E-state index in [1.165, 1.54) is 12.8 Å². The van der Waals surface area contributed by atoms with Gasteiger partial charge in [-0.3, -0.25) is 4.79 Å². The maximum absolute atomic E-state index is 13.0. The molecule has 0 atom stereocenters. The fourth-order valence-corrected chi connectivity index (χ4v) is 2.86. The van der Waals surface area contributed by atoms with Crippen molar-refractivity contribution in [2.24, 2.45) is 22.2 Å². The van der Waals surface area contributed by atoms with E-state index < -0.39 is 5.41 Å². The Labute approximate surface area is 119 Å². The van der Waals surface area contributed by atoms with Crippen LogP contribution in [0.5, 0.6) is 0 Å². The number of nitrogens with two attached hydrogens (primary N) is 1. The minimum Gasteiger partial charge on any atom is -0.409 e. The maximum atomic E-state index is 13.0. The molecule has 20 heavy (non-hydrogen) atoms. The Balaban J connectivity index is 2.18. The number of hydrogen-bond donors (Lipinski definition) is 2. The molecule has 114 valence electrons. The Morgan fingerprint density at radius 2 is 2.10 bits per heavy atom. The van der Waals surface area contributed by atoms with Gasteiger partial charge in [-0.1, -0.05) is 12.1 Å². The summed E-state index contributed by atoms with van der Waals surface area (Å²) in [7, 11) is 0. The first kappa shape index (κ1) is 15.1. The number of carbonyl (C=O) groups excluding carboxylic acids is 1. The summed E-state index contributed by atoms with van der Waals surface area (Å²) >= 11 is 0. The Hall–Kier alpha value is -1.30. The molecule has 0 bridgehead atoms. The molecule has 1 aliphatic heterocycles. The largest absolute Gasteiger partial charge is 0.409 e. The molecule has 1 aliphatic carbocycles. The summed E-state index contributed by atoms with van der Waals surface area (Å²) in [6.07, 6.45) is 4.31. The van der Waals surface area contributed by atoms with Crippen molar-refractivity contribution in [1.29, 1.82) is 0 Å². The van der Waals surface area contributed by atoms with Gasteiger partial charge >= 0.3 is 0 Å². The number of ether oxygens (including phenoxy) is 1. The van der Waals surface area contributed by atoms with Gasteiger partial charge < -0.3 is 20.6 Å². The van der Waals surface area contributed by atoms with Gasteiger partial charge in [0.05, 0.1) is 0 Å². The molecule has 0 unspecified atom stereocenters. The molecule has 0 radical (unpaired) electrons. The van der Waals surface area contributed by atoms with Gasteiger partial charge in [0.1, 0.15) is 5.41 Å². The monoisotopic (exact) mass is 283 g/mol. The van der Waals surface area contributed by atoms with Crippen LogP contribution in [0.3, 0.4) is 0 Å². The average Bonchev–Trinajstić information content (AvgIpc) is 3.30. The van der Waals surface area contributed by atoms with Gasteiger partial charge in [0.15, 0.2) is 5.84 Å². The van der Waals surface area contributed by atoms with Crippen molar-refractivity contribution in [3.8, 4) is 0 Å². The molecule has 6 heteroatoms. The van der Waals surface area contributed by atoms with Crippen LogP contribution in [0.25, 0.3) is 0 Å². The fraction of sp³-hybridized carbons (Fsp3) is 0.857. The summed E-state index contributed by atoms with van der Waals surface area (Å²) in [5.74, 6) is 0.669. The molecule has 2 fully saturated rings. The molecule has 1 saturated carbocycles. The second-order valence-corrected chi connectivity index (χ2v) is 5.87. The van der Waals surface area contributed by atoms with Gasteiger partial charge in [0, 0.05) is 26.3 Å². The quantitative estimate of drug-likeness (QED) is 0.331. The van der Waals surface area contributed by atoms with E-state index in [0.29, 0.717) is 32.0 Å². The molecule has 2 aliphatic rings. The molecule has 2 rings (SSSR count). The van der Waals surface area contributed by atoms with E-state index in [1.54, 1.807) is 0 Å². The second kappa shape index (κ2) is 6.43. The lowest BCUT2D eigenvalue weighted by Gasteiger charge is -2.38. The minimum absolute atomic E-state index is 0.00449. The van der Waals surface area contributed by atoms with Gasteiger partial charge in [-0.15, -0.1) is 0 Å². The number of carbonyl (C=O) groups is 1. The lowest BCUT2D eigenvalue weighted by atomic mass is 9.77. The molecule has 0 aromatic heterocycles. The van der Waals surface area contributed by atoms with Crippen LogP contribution in [-0.2, 0) is 9.53 Å². The first-order chi connectivity index (χ1) is 9.64. The number of rotatable bonds is 6. The van der Waals surface area contributed by atoms with E-state index in [4.69, 9.17) is 15.7 Å². The summed E-state index contributed by atoms with van der Waals surface area (Å²) < 4.78 is 5.34. The molecule has 3 N–H and O–H groups in total. The Bertz CT molecular complexity index is 374. The van der Waals surface area contributed by atoms with Crippen molar-refractivity contribution >= 4 is 11.7 Å². The van der Waals surface area contributed by atoms with Gasteiger partial charge in [-0.05, 0) is 38.0 Å². The van der Waals surface area contributed by atoms with Gasteiger partial charge in [-0.25, -0.2) is 0 Å². The van der Waals surface area contributed by atoms with Crippen molar-refractivity contribution in [2.45, 2.75) is 39.0 Å². The Kier molecular flexibility index (Phi) is 4.86.